The number of phenols is 1. The second kappa shape index (κ2) is 16.8. The van der Waals surface area contributed by atoms with E-state index < -0.39 is 67.1 Å². The van der Waals surface area contributed by atoms with Crippen LogP contribution in [0.1, 0.15) is 25.0 Å². The summed E-state index contributed by atoms with van der Waals surface area (Å²) in [5, 5.41) is 66.6. The van der Waals surface area contributed by atoms with Gasteiger partial charge in [-0.1, -0.05) is 23.7 Å². The number of nitrogens with zero attached hydrogens (tertiary/aromatic N) is 1. The van der Waals surface area contributed by atoms with Crippen molar-refractivity contribution in [2.24, 2.45) is 0 Å². The van der Waals surface area contributed by atoms with Crippen molar-refractivity contribution in [1.29, 1.82) is 0 Å². The van der Waals surface area contributed by atoms with E-state index >= 15 is 0 Å². The monoisotopic (exact) mass is 748 g/mol. The first-order valence-electron chi connectivity index (χ1n) is 17.1. The zero-order valence-electron chi connectivity index (χ0n) is 28.7. The van der Waals surface area contributed by atoms with Crippen molar-refractivity contribution in [3.05, 3.63) is 69.8 Å². The molecule has 1 saturated carbocycles. The lowest BCUT2D eigenvalue weighted by atomic mass is 9.83. The maximum absolute atomic E-state index is 12.9. The lowest BCUT2D eigenvalue weighted by Gasteiger charge is -2.41. The maximum Gasteiger partial charge on any atom is 0.247 e. The second-order valence-electron chi connectivity index (χ2n) is 13.3. The number of phenolic OH excluding ortho intramolecular Hbond substituents is 1. The van der Waals surface area contributed by atoms with Crippen LogP contribution in [0.5, 0.6) is 17.2 Å². The van der Waals surface area contributed by atoms with Gasteiger partial charge in [0, 0.05) is 25.2 Å². The number of benzene rings is 2. The van der Waals surface area contributed by atoms with Gasteiger partial charge in [0.15, 0.2) is 11.5 Å². The van der Waals surface area contributed by atoms with Crippen LogP contribution in [0.25, 0.3) is 6.08 Å². The SMILES string of the molecule is C/C(=C\c1ccc(O[C@@H]2O[C@H](/C(C)=C/COc3ccc(CN4CCOCC4)cc3Cl)[C@@H](O)[C@@H]2O)c(O)c1)C(=O)N[C@@H]1[C@H](O)[C@@H](O)[C@H]2OCO[C@H]2[C@@H]1O. The fraction of sp³-hybridized carbons (Fsp3) is 0.528. The van der Waals surface area contributed by atoms with Crippen LogP contribution in [0.15, 0.2) is 53.6 Å². The molecule has 52 heavy (non-hydrogen) atoms. The number of amides is 1. The van der Waals surface area contributed by atoms with Crippen molar-refractivity contribution in [1.82, 2.24) is 10.2 Å². The number of halogens is 1. The summed E-state index contributed by atoms with van der Waals surface area (Å²) in [7, 11) is 0. The summed E-state index contributed by atoms with van der Waals surface area (Å²) < 4.78 is 33.4. The highest BCUT2D eigenvalue weighted by molar-refractivity contribution is 6.32. The first-order valence-corrected chi connectivity index (χ1v) is 17.4. The molecule has 15 nitrogen and oxygen atoms in total. The van der Waals surface area contributed by atoms with Crippen LogP contribution in [0, 0.1) is 0 Å². The molecule has 284 valence electrons. The average Bonchev–Trinajstić information content (AvgIpc) is 3.73. The van der Waals surface area contributed by atoms with Crippen molar-refractivity contribution in [3.8, 4) is 17.2 Å². The van der Waals surface area contributed by atoms with Crippen molar-refractivity contribution in [2.75, 3.05) is 39.7 Å². The Morgan fingerprint density at radius 2 is 1.65 bits per heavy atom. The number of carbonyl (C=O) groups is 1. The summed E-state index contributed by atoms with van der Waals surface area (Å²) >= 11 is 6.48. The second-order valence-corrected chi connectivity index (χ2v) is 13.7. The van der Waals surface area contributed by atoms with Crippen LogP contribution in [-0.4, -0.2) is 142 Å². The van der Waals surface area contributed by atoms with Gasteiger partial charge in [-0.15, -0.1) is 0 Å². The molecule has 0 bridgehead atoms. The Hall–Kier alpha value is -3.32. The first-order chi connectivity index (χ1) is 24.9. The molecule has 10 atom stereocenters. The van der Waals surface area contributed by atoms with Crippen molar-refractivity contribution in [3.63, 3.8) is 0 Å². The average molecular weight is 749 g/mol. The Morgan fingerprint density at radius 1 is 0.942 bits per heavy atom. The Kier molecular flexibility index (Phi) is 12.4. The molecule has 1 aliphatic carbocycles. The van der Waals surface area contributed by atoms with E-state index in [1.54, 1.807) is 19.1 Å². The highest BCUT2D eigenvalue weighted by Crippen LogP contribution is 2.34. The summed E-state index contributed by atoms with van der Waals surface area (Å²) in [5.41, 5.74) is 2.23. The number of ether oxygens (including phenoxy) is 6. The van der Waals surface area contributed by atoms with Crippen LogP contribution in [-0.2, 0) is 30.3 Å². The molecule has 2 aromatic carbocycles. The van der Waals surface area contributed by atoms with E-state index in [1.807, 2.05) is 18.2 Å². The topological polar surface area (TPSA) is 209 Å². The van der Waals surface area contributed by atoms with E-state index in [4.69, 9.17) is 40.0 Å². The summed E-state index contributed by atoms with van der Waals surface area (Å²) in [5.74, 6) is -0.493. The fourth-order valence-electron chi connectivity index (χ4n) is 6.66. The molecule has 0 unspecified atom stereocenters. The van der Waals surface area contributed by atoms with E-state index in [9.17, 15) is 35.4 Å². The summed E-state index contributed by atoms with van der Waals surface area (Å²) in [6.07, 6.45) is -7.84. The van der Waals surface area contributed by atoms with Gasteiger partial charge >= 0.3 is 0 Å². The van der Waals surface area contributed by atoms with E-state index in [0.717, 1.165) is 25.2 Å². The van der Waals surface area contributed by atoms with Gasteiger partial charge in [-0.05, 0) is 67.0 Å². The molecule has 7 N–H and O–H groups in total. The van der Waals surface area contributed by atoms with Gasteiger partial charge in [0.25, 0.3) is 0 Å². The number of carbonyl (C=O) groups excluding carboxylic acids is 1. The molecular weight excluding hydrogens is 704 g/mol. The smallest absolute Gasteiger partial charge is 0.247 e. The van der Waals surface area contributed by atoms with E-state index in [2.05, 4.69) is 10.2 Å². The van der Waals surface area contributed by atoms with Crippen molar-refractivity contribution >= 4 is 23.6 Å². The number of hydrogen-bond acceptors (Lipinski definition) is 14. The third kappa shape index (κ3) is 8.56. The van der Waals surface area contributed by atoms with Crippen LogP contribution < -0.4 is 14.8 Å². The Bertz CT molecular complexity index is 1640. The normalized spacial score (nSPS) is 32.8. The fourth-order valence-corrected chi connectivity index (χ4v) is 6.92. The summed E-state index contributed by atoms with van der Waals surface area (Å²) in [6.45, 7) is 7.13. The zero-order chi connectivity index (χ0) is 37.1. The predicted octanol–water partition coefficient (Wildman–Crippen LogP) is 0.455. The standard InChI is InChI=1S/C36H45ClN2O13/c1-18(7-10-48-24-5-4-21(14-22(24)37)16-39-8-11-47-12-9-39)32-30(44)31(45)36(52-32)51-25-6-3-20(15-23(25)40)13-19(2)35(46)38-26-27(41)29(43)34-33(28(26)42)49-17-50-34/h3-7,13-15,26-34,36,40-45H,8-12,16-17H2,1-2H3,(H,38,46)/b18-7+,19-13+/t26-,27+,28-,29-,30+,31+,32-,33+,34-,36-/m1/s1. The van der Waals surface area contributed by atoms with Crippen LogP contribution >= 0.6 is 11.6 Å². The number of nitrogens with one attached hydrogen (secondary N) is 1. The number of aliphatic hydroxyl groups excluding tert-OH is 5. The van der Waals surface area contributed by atoms with Gasteiger partial charge in [0.2, 0.25) is 12.2 Å². The minimum atomic E-state index is -1.50. The van der Waals surface area contributed by atoms with Gasteiger partial charge < -0.3 is 64.4 Å². The van der Waals surface area contributed by atoms with Gasteiger partial charge in [0.05, 0.1) is 24.3 Å². The Labute approximate surface area is 305 Å². The van der Waals surface area contributed by atoms with Gasteiger partial charge in [-0.3, -0.25) is 9.69 Å². The van der Waals surface area contributed by atoms with Gasteiger partial charge in [0.1, 0.15) is 68.0 Å². The molecule has 16 heteroatoms. The molecule has 0 radical (unpaired) electrons. The Balaban J connectivity index is 1.01. The van der Waals surface area contributed by atoms with Crippen molar-refractivity contribution in [2.45, 2.75) is 81.6 Å². The molecule has 3 aliphatic heterocycles. The van der Waals surface area contributed by atoms with Crippen molar-refractivity contribution < 1.29 is 63.9 Å². The molecule has 4 fully saturated rings. The molecule has 4 aliphatic rings. The number of morpholine rings is 1. The summed E-state index contributed by atoms with van der Waals surface area (Å²) in [4.78, 5) is 15.2. The third-order valence-corrected chi connectivity index (χ3v) is 9.98. The Morgan fingerprint density at radius 3 is 2.37 bits per heavy atom. The number of aliphatic hydroxyl groups is 5. The first kappa shape index (κ1) is 38.4. The number of fused-ring (bicyclic) bond motifs is 1. The molecule has 3 saturated heterocycles. The number of aromatic hydroxyl groups is 1. The van der Waals surface area contributed by atoms with Crippen LogP contribution in [0.3, 0.4) is 0 Å². The van der Waals surface area contributed by atoms with E-state index in [-0.39, 0.29) is 30.5 Å². The van der Waals surface area contributed by atoms with Gasteiger partial charge in [-0.25, -0.2) is 0 Å². The largest absolute Gasteiger partial charge is 0.504 e. The number of hydrogen-bond donors (Lipinski definition) is 7. The number of rotatable bonds is 11. The molecule has 1 amide bonds. The zero-order valence-corrected chi connectivity index (χ0v) is 29.5. The van der Waals surface area contributed by atoms with Crippen LogP contribution in [0.2, 0.25) is 5.02 Å². The minimum absolute atomic E-state index is 0.0383. The van der Waals surface area contributed by atoms with Crippen LogP contribution in [0.4, 0.5) is 0 Å². The maximum atomic E-state index is 12.9. The predicted molar refractivity (Wildman–Crippen MR) is 184 cm³/mol. The quantitative estimate of drug-likeness (QED) is 0.123. The van der Waals surface area contributed by atoms with E-state index in [1.165, 1.54) is 25.1 Å². The molecule has 0 spiro atoms. The highest BCUT2D eigenvalue weighted by atomic mass is 35.5. The molecule has 3 heterocycles. The van der Waals surface area contributed by atoms with E-state index in [0.29, 0.717) is 35.1 Å². The van der Waals surface area contributed by atoms with Gasteiger partial charge in [-0.2, -0.15) is 0 Å². The molecule has 0 aromatic heterocycles. The lowest BCUT2D eigenvalue weighted by Crippen LogP contribution is -2.67. The molecule has 6 rings (SSSR count). The summed E-state index contributed by atoms with van der Waals surface area (Å²) in [6, 6.07) is 8.72. The molecule has 2 aromatic rings. The highest BCUT2D eigenvalue weighted by Gasteiger charge is 2.53. The molecular formula is C36H45ClN2O13. The minimum Gasteiger partial charge on any atom is -0.504 e. The lowest BCUT2D eigenvalue weighted by molar-refractivity contribution is -0.155. The third-order valence-electron chi connectivity index (χ3n) is 9.69.